The molecular formula is C14H28N2OS. The fourth-order valence-electron chi connectivity index (χ4n) is 2.59. The highest BCUT2D eigenvalue weighted by atomic mass is 32.2. The van der Waals surface area contributed by atoms with E-state index in [-0.39, 0.29) is 11.9 Å². The van der Waals surface area contributed by atoms with Crippen LogP contribution in [-0.4, -0.2) is 30.5 Å². The smallest absolute Gasteiger partial charge is 0.236 e. The van der Waals surface area contributed by atoms with Crippen molar-refractivity contribution in [3.8, 4) is 0 Å². The van der Waals surface area contributed by atoms with Crippen LogP contribution in [0.4, 0.5) is 0 Å². The third-order valence-corrected chi connectivity index (χ3v) is 4.43. The number of thioether (sulfide) groups is 1. The molecular weight excluding hydrogens is 244 g/mol. The minimum Gasteiger partial charge on any atom is -0.355 e. The minimum absolute atomic E-state index is 0.0210. The average Bonchev–Trinajstić information content (AvgIpc) is 2.41. The van der Waals surface area contributed by atoms with Crippen LogP contribution >= 0.6 is 11.8 Å². The molecule has 3 nitrogen and oxygen atoms in total. The lowest BCUT2D eigenvalue weighted by atomic mass is 9.86. The van der Waals surface area contributed by atoms with Crippen molar-refractivity contribution >= 4 is 17.7 Å². The van der Waals surface area contributed by atoms with E-state index in [2.05, 4.69) is 5.32 Å². The molecule has 106 valence electrons. The zero-order valence-corrected chi connectivity index (χ0v) is 12.4. The van der Waals surface area contributed by atoms with Crippen molar-refractivity contribution in [3.05, 3.63) is 0 Å². The molecule has 0 aliphatic heterocycles. The molecule has 0 unspecified atom stereocenters. The molecule has 1 aliphatic carbocycles. The Morgan fingerprint density at radius 2 is 2.11 bits per heavy atom. The summed E-state index contributed by atoms with van der Waals surface area (Å²) in [6.07, 6.45) is 12.2. The molecule has 0 spiro atoms. The summed E-state index contributed by atoms with van der Waals surface area (Å²) < 4.78 is 0. The fourth-order valence-corrected chi connectivity index (χ4v) is 3.07. The number of nitrogens with two attached hydrogens (primary N) is 1. The van der Waals surface area contributed by atoms with Crippen LogP contribution in [0.3, 0.4) is 0 Å². The highest BCUT2D eigenvalue weighted by Gasteiger charge is 2.14. The first kappa shape index (κ1) is 15.8. The summed E-state index contributed by atoms with van der Waals surface area (Å²) in [6, 6.07) is -0.327. The normalized spacial score (nSPS) is 18.6. The SMILES string of the molecule is CSCC[C@@H](N)C(=O)NCCCC1CCCCC1. The number of carbonyl (C=O) groups is 1. The quantitative estimate of drug-likeness (QED) is 0.668. The van der Waals surface area contributed by atoms with Crippen LogP contribution in [0.25, 0.3) is 0 Å². The van der Waals surface area contributed by atoms with Crippen LogP contribution in [-0.2, 0) is 4.79 Å². The summed E-state index contributed by atoms with van der Waals surface area (Å²) in [4.78, 5) is 11.7. The minimum atomic E-state index is -0.327. The highest BCUT2D eigenvalue weighted by molar-refractivity contribution is 7.98. The molecule has 0 aromatic heterocycles. The van der Waals surface area contributed by atoms with Gasteiger partial charge in [0.15, 0.2) is 0 Å². The van der Waals surface area contributed by atoms with Gasteiger partial charge < -0.3 is 11.1 Å². The van der Waals surface area contributed by atoms with Crippen LogP contribution in [0.15, 0.2) is 0 Å². The molecule has 0 aromatic rings. The van der Waals surface area contributed by atoms with E-state index >= 15 is 0 Å². The van der Waals surface area contributed by atoms with Crippen molar-refractivity contribution in [2.75, 3.05) is 18.6 Å². The summed E-state index contributed by atoms with van der Waals surface area (Å²) in [6.45, 7) is 0.794. The van der Waals surface area contributed by atoms with Gasteiger partial charge in [0.25, 0.3) is 0 Å². The lowest BCUT2D eigenvalue weighted by Crippen LogP contribution is -2.41. The molecule has 1 atom stereocenters. The van der Waals surface area contributed by atoms with Crippen molar-refractivity contribution in [3.63, 3.8) is 0 Å². The van der Waals surface area contributed by atoms with Gasteiger partial charge in [-0.2, -0.15) is 11.8 Å². The van der Waals surface area contributed by atoms with Crippen molar-refractivity contribution in [1.82, 2.24) is 5.32 Å². The topological polar surface area (TPSA) is 55.1 Å². The van der Waals surface area contributed by atoms with Crippen LogP contribution in [0.5, 0.6) is 0 Å². The van der Waals surface area contributed by atoms with Gasteiger partial charge >= 0.3 is 0 Å². The van der Waals surface area contributed by atoms with Gasteiger partial charge in [0, 0.05) is 6.54 Å². The average molecular weight is 272 g/mol. The molecule has 1 rings (SSSR count). The van der Waals surface area contributed by atoms with Gasteiger partial charge in [-0.25, -0.2) is 0 Å². The van der Waals surface area contributed by atoms with E-state index in [1.165, 1.54) is 38.5 Å². The molecule has 1 amide bonds. The van der Waals surface area contributed by atoms with E-state index < -0.39 is 0 Å². The molecule has 4 heteroatoms. The van der Waals surface area contributed by atoms with Crippen molar-refractivity contribution in [1.29, 1.82) is 0 Å². The Kier molecular flexibility index (Phi) is 8.51. The maximum absolute atomic E-state index is 11.7. The van der Waals surface area contributed by atoms with E-state index in [1.807, 2.05) is 6.26 Å². The lowest BCUT2D eigenvalue weighted by Gasteiger charge is -2.21. The number of carbonyl (C=O) groups excluding carboxylic acids is 1. The Hall–Kier alpha value is -0.220. The molecule has 0 saturated heterocycles. The maximum atomic E-state index is 11.7. The van der Waals surface area contributed by atoms with Gasteiger partial charge in [-0.15, -0.1) is 0 Å². The molecule has 0 aromatic carbocycles. The molecule has 3 N–H and O–H groups in total. The van der Waals surface area contributed by atoms with E-state index in [1.54, 1.807) is 11.8 Å². The largest absolute Gasteiger partial charge is 0.355 e. The standard InChI is InChI=1S/C14H28N2OS/c1-18-11-9-13(15)14(17)16-10-5-8-12-6-3-2-4-7-12/h12-13H,2-11,15H2,1H3,(H,16,17)/t13-/m1/s1. The third-order valence-electron chi connectivity index (χ3n) is 3.78. The number of nitrogens with one attached hydrogen (secondary N) is 1. The molecule has 0 radical (unpaired) electrons. The van der Waals surface area contributed by atoms with Crippen LogP contribution in [0.1, 0.15) is 51.4 Å². The zero-order valence-electron chi connectivity index (χ0n) is 11.6. The van der Waals surface area contributed by atoms with Crippen molar-refractivity contribution < 1.29 is 4.79 Å². The predicted molar refractivity (Wildman–Crippen MR) is 79.8 cm³/mol. The van der Waals surface area contributed by atoms with E-state index in [0.29, 0.717) is 0 Å². The monoisotopic (exact) mass is 272 g/mol. The maximum Gasteiger partial charge on any atom is 0.236 e. The molecule has 0 bridgehead atoms. The second kappa shape index (κ2) is 9.68. The van der Waals surface area contributed by atoms with Gasteiger partial charge in [-0.1, -0.05) is 32.1 Å². The first-order valence-electron chi connectivity index (χ1n) is 7.26. The number of hydrogen-bond donors (Lipinski definition) is 2. The molecule has 1 saturated carbocycles. The van der Waals surface area contributed by atoms with Crippen molar-refractivity contribution in [2.45, 2.75) is 57.4 Å². The van der Waals surface area contributed by atoms with Gasteiger partial charge in [-0.05, 0) is 37.2 Å². The highest BCUT2D eigenvalue weighted by Crippen LogP contribution is 2.26. The third kappa shape index (κ3) is 6.64. The Balaban J connectivity index is 2.00. The van der Waals surface area contributed by atoms with E-state index in [4.69, 9.17) is 5.73 Å². The second-order valence-corrected chi connectivity index (χ2v) is 6.31. The van der Waals surface area contributed by atoms with E-state index in [9.17, 15) is 4.79 Å². The summed E-state index contributed by atoms with van der Waals surface area (Å²) in [7, 11) is 0. The van der Waals surface area contributed by atoms with Crippen LogP contribution in [0.2, 0.25) is 0 Å². The Morgan fingerprint density at radius 3 is 2.78 bits per heavy atom. The number of amides is 1. The summed E-state index contributed by atoms with van der Waals surface area (Å²) in [5.41, 5.74) is 5.80. The molecule has 0 heterocycles. The zero-order chi connectivity index (χ0) is 13.2. The van der Waals surface area contributed by atoms with Gasteiger partial charge in [0.05, 0.1) is 6.04 Å². The van der Waals surface area contributed by atoms with Crippen LogP contribution < -0.4 is 11.1 Å². The number of hydrogen-bond acceptors (Lipinski definition) is 3. The van der Waals surface area contributed by atoms with E-state index in [0.717, 1.165) is 31.1 Å². The second-order valence-electron chi connectivity index (χ2n) is 5.33. The first-order valence-corrected chi connectivity index (χ1v) is 8.65. The first-order chi connectivity index (χ1) is 8.74. The number of rotatable bonds is 8. The lowest BCUT2D eigenvalue weighted by molar-refractivity contribution is -0.122. The Labute approximate surface area is 116 Å². The summed E-state index contributed by atoms with van der Waals surface area (Å²) in [5, 5.41) is 2.96. The summed E-state index contributed by atoms with van der Waals surface area (Å²) >= 11 is 1.73. The fraction of sp³-hybridized carbons (Fsp3) is 0.929. The van der Waals surface area contributed by atoms with Crippen LogP contribution in [0, 0.1) is 5.92 Å². The van der Waals surface area contributed by atoms with Gasteiger partial charge in [-0.3, -0.25) is 4.79 Å². The molecule has 18 heavy (non-hydrogen) atoms. The van der Waals surface area contributed by atoms with Crippen molar-refractivity contribution in [2.24, 2.45) is 11.7 Å². The Bertz CT molecular complexity index is 230. The Morgan fingerprint density at radius 1 is 1.39 bits per heavy atom. The van der Waals surface area contributed by atoms with Gasteiger partial charge in [0.2, 0.25) is 5.91 Å². The molecule has 1 fully saturated rings. The predicted octanol–water partition coefficient (Wildman–Crippen LogP) is 2.54. The summed E-state index contributed by atoms with van der Waals surface area (Å²) in [5.74, 6) is 1.88. The molecule has 1 aliphatic rings. The van der Waals surface area contributed by atoms with Gasteiger partial charge in [0.1, 0.15) is 0 Å².